The summed E-state index contributed by atoms with van der Waals surface area (Å²) < 4.78 is 4.96. The molecule has 0 aromatic rings. The lowest BCUT2D eigenvalue weighted by molar-refractivity contribution is -0.159. The third-order valence-electron chi connectivity index (χ3n) is 1.81. The summed E-state index contributed by atoms with van der Waals surface area (Å²) in [5.74, 6) is -1.88. The Hall–Kier alpha value is -1.39. The fourth-order valence-corrected chi connectivity index (χ4v) is 0.720. The summed E-state index contributed by atoms with van der Waals surface area (Å²) in [4.78, 5) is 31.3. The zero-order valence-corrected chi connectivity index (χ0v) is 12.1. The van der Waals surface area contributed by atoms with Crippen LogP contribution in [0.2, 0.25) is 0 Å². The van der Waals surface area contributed by atoms with Gasteiger partial charge in [0.2, 0.25) is 0 Å². The van der Waals surface area contributed by atoms with Crippen molar-refractivity contribution in [2.24, 2.45) is 5.92 Å². The summed E-state index contributed by atoms with van der Waals surface area (Å²) >= 11 is 0. The van der Waals surface area contributed by atoms with Crippen molar-refractivity contribution < 1.29 is 24.2 Å². The molecule has 0 bridgehead atoms. The molecule has 0 saturated carbocycles. The third-order valence-corrected chi connectivity index (χ3v) is 1.81. The lowest BCUT2D eigenvalue weighted by Gasteiger charge is -2.20. The molecule has 0 aliphatic heterocycles. The molecule has 5 heteroatoms. The van der Waals surface area contributed by atoms with Gasteiger partial charge in [0, 0.05) is 6.42 Å². The summed E-state index contributed by atoms with van der Waals surface area (Å²) in [6, 6.07) is 0. The van der Waals surface area contributed by atoms with Crippen molar-refractivity contribution >= 4 is 17.7 Å². The minimum Gasteiger partial charge on any atom is -0.481 e. The maximum absolute atomic E-state index is 11.1. The number of ether oxygens (including phenoxy) is 1. The minimum atomic E-state index is -0.981. The molecule has 0 spiro atoms. The molecule has 0 aliphatic rings. The highest BCUT2D eigenvalue weighted by molar-refractivity contribution is 5.78. The van der Waals surface area contributed by atoms with Crippen LogP contribution in [0.1, 0.15) is 54.4 Å². The van der Waals surface area contributed by atoms with E-state index < -0.39 is 23.5 Å². The van der Waals surface area contributed by atoms with Crippen LogP contribution in [0.25, 0.3) is 0 Å². The van der Waals surface area contributed by atoms with Gasteiger partial charge in [0.1, 0.15) is 11.4 Å². The van der Waals surface area contributed by atoms with Crippen molar-refractivity contribution in [3.05, 3.63) is 0 Å². The molecule has 0 aliphatic carbocycles. The molecule has 0 rings (SSSR count). The number of carbonyl (C=O) groups excluding carboxylic acids is 2. The molecule has 0 heterocycles. The van der Waals surface area contributed by atoms with E-state index in [9.17, 15) is 14.4 Å². The first-order chi connectivity index (χ1) is 7.99. The number of carboxylic acids is 1. The van der Waals surface area contributed by atoms with Crippen LogP contribution in [-0.2, 0) is 19.1 Å². The fraction of sp³-hybridized carbons (Fsp3) is 0.769. The maximum Gasteiger partial charge on any atom is 0.307 e. The normalized spacial score (nSPS) is 11.9. The summed E-state index contributed by atoms with van der Waals surface area (Å²) in [5, 5.41) is 8.52. The van der Waals surface area contributed by atoms with E-state index in [0.717, 1.165) is 0 Å². The summed E-state index contributed by atoms with van der Waals surface area (Å²) in [5.41, 5.74) is -0.546. The minimum absolute atomic E-state index is 0.0768. The van der Waals surface area contributed by atoms with Crippen LogP contribution in [0.4, 0.5) is 0 Å². The van der Waals surface area contributed by atoms with E-state index >= 15 is 0 Å². The number of hydrogen-bond acceptors (Lipinski definition) is 4. The first-order valence-electron chi connectivity index (χ1n) is 5.93. The predicted octanol–water partition coefficient (Wildman–Crippen LogP) is 2.42. The Labute approximate surface area is 109 Å². The summed E-state index contributed by atoms with van der Waals surface area (Å²) in [6.45, 7) is 10.2. The number of Topliss-reactive ketones (excluding diaryl/α,β-unsaturated/α-hetero) is 1. The standard InChI is InChI=1S/C9H16O4.C4H8O/c1-6(8(11)12)5-7(10)13-9(2,3)4;1-3-4(2)5/h6H,5H2,1-4H3,(H,11,12);3H2,1-2H3. The van der Waals surface area contributed by atoms with Crippen LogP contribution in [-0.4, -0.2) is 28.4 Å². The van der Waals surface area contributed by atoms with Gasteiger partial charge in [-0.25, -0.2) is 0 Å². The fourth-order valence-electron chi connectivity index (χ4n) is 0.720. The Morgan fingerprint density at radius 2 is 1.61 bits per heavy atom. The average molecular weight is 260 g/mol. The maximum atomic E-state index is 11.1. The molecule has 0 amide bonds. The van der Waals surface area contributed by atoms with Crippen molar-refractivity contribution in [3.63, 3.8) is 0 Å². The largest absolute Gasteiger partial charge is 0.481 e. The molecule has 0 aromatic carbocycles. The summed E-state index contributed by atoms with van der Waals surface area (Å²) in [7, 11) is 0. The molecule has 18 heavy (non-hydrogen) atoms. The van der Waals surface area contributed by atoms with Crippen LogP contribution < -0.4 is 0 Å². The van der Waals surface area contributed by atoms with Crippen molar-refractivity contribution in [1.82, 2.24) is 0 Å². The Bertz CT molecular complexity index is 288. The van der Waals surface area contributed by atoms with E-state index in [1.54, 1.807) is 27.7 Å². The van der Waals surface area contributed by atoms with Crippen LogP contribution in [0.15, 0.2) is 0 Å². The molecule has 0 fully saturated rings. The van der Waals surface area contributed by atoms with Crippen molar-refractivity contribution in [3.8, 4) is 0 Å². The molecule has 0 aromatic heterocycles. The van der Waals surface area contributed by atoms with E-state index in [1.807, 2.05) is 6.92 Å². The van der Waals surface area contributed by atoms with E-state index in [-0.39, 0.29) is 12.2 Å². The molecular weight excluding hydrogens is 236 g/mol. The molecule has 1 atom stereocenters. The highest BCUT2D eigenvalue weighted by Crippen LogP contribution is 2.11. The molecule has 106 valence electrons. The highest BCUT2D eigenvalue weighted by Gasteiger charge is 2.21. The van der Waals surface area contributed by atoms with Crippen molar-refractivity contribution in [2.45, 2.75) is 60.0 Å². The number of ketones is 1. The van der Waals surface area contributed by atoms with Crippen molar-refractivity contribution in [2.75, 3.05) is 0 Å². The highest BCUT2D eigenvalue weighted by atomic mass is 16.6. The van der Waals surface area contributed by atoms with Crippen LogP contribution in [0, 0.1) is 5.92 Å². The zero-order valence-electron chi connectivity index (χ0n) is 12.1. The molecule has 0 saturated heterocycles. The topological polar surface area (TPSA) is 80.7 Å². The van der Waals surface area contributed by atoms with Gasteiger partial charge in [-0.3, -0.25) is 9.59 Å². The second-order valence-electron chi connectivity index (χ2n) is 5.09. The van der Waals surface area contributed by atoms with Crippen LogP contribution in [0.5, 0.6) is 0 Å². The SMILES string of the molecule is CC(CC(=O)OC(C)(C)C)C(=O)O.CCC(C)=O. The van der Waals surface area contributed by atoms with E-state index in [2.05, 4.69) is 0 Å². The first-order valence-corrected chi connectivity index (χ1v) is 5.93. The van der Waals surface area contributed by atoms with Gasteiger partial charge in [0.15, 0.2) is 0 Å². The van der Waals surface area contributed by atoms with E-state index in [0.29, 0.717) is 6.42 Å². The van der Waals surface area contributed by atoms with Gasteiger partial charge in [-0.05, 0) is 27.7 Å². The zero-order chi connectivity index (χ0) is 14.9. The van der Waals surface area contributed by atoms with Gasteiger partial charge in [-0.15, -0.1) is 0 Å². The van der Waals surface area contributed by atoms with Gasteiger partial charge in [-0.2, -0.15) is 0 Å². The Kier molecular flexibility index (Phi) is 9.13. The first kappa shape index (κ1) is 19.0. The number of carbonyl (C=O) groups is 3. The smallest absolute Gasteiger partial charge is 0.307 e. The van der Waals surface area contributed by atoms with Gasteiger partial charge >= 0.3 is 11.9 Å². The van der Waals surface area contributed by atoms with Gasteiger partial charge < -0.3 is 14.6 Å². The van der Waals surface area contributed by atoms with Crippen molar-refractivity contribution in [1.29, 1.82) is 0 Å². The number of hydrogen-bond donors (Lipinski definition) is 1. The molecule has 1 unspecified atom stereocenters. The number of esters is 1. The molecule has 1 N–H and O–H groups in total. The Balaban J connectivity index is 0. The van der Waals surface area contributed by atoms with Crippen LogP contribution >= 0.6 is 0 Å². The number of aliphatic carboxylic acids is 1. The number of carboxylic acid groups (broad SMARTS) is 1. The molecule has 5 nitrogen and oxygen atoms in total. The second kappa shape index (κ2) is 8.66. The van der Waals surface area contributed by atoms with Gasteiger partial charge in [0.25, 0.3) is 0 Å². The Morgan fingerprint density at radius 3 is 1.83 bits per heavy atom. The quantitative estimate of drug-likeness (QED) is 0.785. The van der Waals surface area contributed by atoms with Gasteiger partial charge in [0.05, 0.1) is 12.3 Å². The monoisotopic (exact) mass is 260 g/mol. The lowest BCUT2D eigenvalue weighted by Crippen LogP contribution is -2.26. The number of rotatable bonds is 4. The lowest BCUT2D eigenvalue weighted by atomic mass is 10.1. The Morgan fingerprint density at radius 1 is 1.22 bits per heavy atom. The second-order valence-corrected chi connectivity index (χ2v) is 5.09. The van der Waals surface area contributed by atoms with E-state index in [4.69, 9.17) is 9.84 Å². The molecular formula is C13H24O5. The molecule has 0 radical (unpaired) electrons. The van der Waals surface area contributed by atoms with E-state index in [1.165, 1.54) is 6.92 Å². The van der Waals surface area contributed by atoms with Crippen LogP contribution in [0.3, 0.4) is 0 Å². The average Bonchev–Trinajstić information content (AvgIpc) is 2.15. The predicted molar refractivity (Wildman–Crippen MR) is 68.2 cm³/mol. The summed E-state index contributed by atoms with van der Waals surface area (Å²) in [6.07, 6.45) is 0.590. The van der Waals surface area contributed by atoms with Gasteiger partial charge in [-0.1, -0.05) is 13.8 Å². The third kappa shape index (κ3) is 14.6.